The lowest BCUT2D eigenvalue weighted by Crippen LogP contribution is -2.64. The average Bonchev–Trinajstić information content (AvgIpc) is 3.62. The summed E-state index contributed by atoms with van der Waals surface area (Å²) in [6, 6.07) is 3.01. The van der Waals surface area contributed by atoms with Crippen LogP contribution >= 0.6 is 0 Å². The highest BCUT2D eigenvalue weighted by Crippen LogP contribution is 2.68. The number of epoxide rings is 1. The minimum Gasteiger partial charge on any atom is -0.479 e. The predicted molar refractivity (Wildman–Crippen MR) is 138 cm³/mol. The minimum absolute atomic E-state index is 0.0174. The molecule has 4 fully saturated rings. The number of benzene rings is 1. The summed E-state index contributed by atoms with van der Waals surface area (Å²) >= 11 is 0. The SMILES string of the molecule is C[C@H]1[C@H](O)[C@](C)([C@@H]2CO2)C[C@@H](OC(=O)COc2ccc3c(c2F)B(O)OC3)[C@@]2(C)[C@@H]3C(=O)CC[C@]31CC[C@@H]2C. The number of rotatable bonds is 5. The number of ketones is 1. The second-order valence-corrected chi connectivity index (χ2v) is 13.1. The molecule has 6 rings (SSSR count). The van der Waals surface area contributed by atoms with Crippen LogP contribution in [0.25, 0.3) is 0 Å². The van der Waals surface area contributed by atoms with E-state index in [1.54, 1.807) is 6.07 Å². The zero-order valence-electron chi connectivity index (χ0n) is 23.1. The smallest absolute Gasteiger partial charge is 0.479 e. The first-order valence-corrected chi connectivity index (χ1v) is 14.2. The number of aliphatic hydroxyl groups excluding tert-OH is 1. The molecule has 8 nitrogen and oxygen atoms in total. The van der Waals surface area contributed by atoms with E-state index in [1.807, 2.05) is 6.92 Å². The van der Waals surface area contributed by atoms with E-state index in [-0.39, 0.29) is 52.9 Å². The molecule has 9 atom stereocenters. The summed E-state index contributed by atoms with van der Waals surface area (Å²) < 4.78 is 37.5. The third-order valence-electron chi connectivity index (χ3n) is 11.4. The quantitative estimate of drug-likeness (QED) is 0.330. The summed E-state index contributed by atoms with van der Waals surface area (Å²) in [5.74, 6) is -1.73. The van der Waals surface area contributed by atoms with Crippen LogP contribution in [0.3, 0.4) is 0 Å². The van der Waals surface area contributed by atoms with Gasteiger partial charge in [0.05, 0.1) is 25.4 Å². The molecule has 2 N–H and O–H groups in total. The fourth-order valence-corrected chi connectivity index (χ4v) is 8.75. The molecule has 2 heterocycles. The van der Waals surface area contributed by atoms with Gasteiger partial charge < -0.3 is 29.0 Å². The number of carbonyl (C=O) groups excluding carboxylic acids is 2. The molecule has 2 aliphatic heterocycles. The van der Waals surface area contributed by atoms with Crippen molar-refractivity contribution in [2.75, 3.05) is 13.2 Å². The highest BCUT2D eigenvalue weighted by atomic mass is 19.1. The first-order chi connectivity index (χ1) is 18.4. The van der Waals surface area contributed by atoms with Crippen molar-refractivity contribution in [2.24, 2.45) is 34.0 Å². The zero-order chi connectivity index (χ0) is 27.9. The monoisotopic (exact) mass is 544 g/mol. The fourth-order valence-electron chi connectivity index (χ4n) is 8.75. The topological polar surface area (TPSA) is 115 Å². The summed E-state index contributed by atoms with van der Waals surface area (Å²) in [5, 5.41) is 21.7. The highest BCUT2D eigenvalue weighted by Gasteiger charge is 2.70. The molecule has 10 heteroatoms. The van der Waals surface area contributed by atoms with Crippen molar-refractivity contribution in [3.63, 3.8) is 0 Å². The van der Waals surface area contributed by atoms with Crippen molar-refractivity contribution >= 4 is 24.3 Å². The van der Waals surface area contributed by atoms with Crippen molar-refractivity contribution in [1.82, 2.24) is 0 Å². The van der Waals surface area contributed by atoms with Crippen LogP contribution in [0, 0.1) is 39.8 Å². The number of esters is 1. The van der Waals surface area contributed by atoms with Crippen molar-refractivity contribution < 1.29 is 43.0 Å². The predicted octanol–water partition coefficient (Wildman–Crippen LogP) is 2.54. The van der Waals surface area contributed by atoms with Gasteiger partial charge in [0.1, 0.15) is 11.9 Å². The molecular formula is C29H38BFO8. The number of fused-ring (bicyclic) bond motifs is 1. The second kappa shape index (κ2) is 9.26. The fraction of sp³-hybridized carbons (Fsp3) is 0.724. The summed E-state index contributed by atoms with van der Waals surface area (Å²) in [5.41, 5.74) is -1.10. The Hall–Kier alpha value is -2.01. The first kappa shape index (κ1) is 27.2. The van der Waals surface area contributed by atoms with Crippen LogP contribution in [-0.4, -0.2) is 60.5 Å². The third-order valence-corrected chi connectivity index (χ3v) is 11.4. The average molecular weight is 544 g/mol. The highest BCUT2D eigenvalue weighted by molar-refractivity contribution is 6.61. The Kier molecular flexibility index (Phi) is 6.45. The molecule has 2 bridgehead atoms. The Morgan fingerprint density at radius 2 is 2.00 bits per heavy atom. The van der Waals surface area contributed by atoms with Crippen molar-refractivity contribution in [3.8, 4) is 5.75 Å². The van der Waals surface area contributed by atoms with E-state index in [0.717, 1.165) is 19.3 Å². The van der Waals surface area contributed by atoms with Crippen molar-refractivity contribution in [2.45, 2.75) is 84.7 Å². The third kappa shape index (κ3) is 3.92. The molecule has 39 heavy (non-hydrogen) atoms. The van der Waals surface area contributed by atoms with E-state index in [4.69, 9.17) is 18.9 Å². The van der Waals surface area contributed by atoms with Gasteiger partial charge in [-0.05, 0) is 54.6 Å². The maximum Gasteiger partial charge on any atom is 0.494 e. The van der Waals surface area contributed by atoms with Gasteiger partial charge in [-0.1, -0.05) is 33.8 Å². The number of hydrogen-bond donors (Lipinski definition) is 2. The van der Waals surface area contributed by atoms with E-state index >= 15 is 0 Å². The van der Waals surface area contributed by atoms with Crippen molar-refractivity contribution in [3.05, 3.63) is 23.5 Å². The Morgan fingerprint density at radius 3 is 2.72 bits per heavy atom. The zero-order valence-corrected chi connectivity index (χ0v) is 23.1. The Labute approximate surface area is 228 Å². The van der Waals surface area contributed by atoms with Crippen LogP contribution in [0.2, 0.25) is 0 Å². The van der Waals surface area contributed by atoms with E-state index < -0.39 is 48.5 Å². The number of Topliss-reactive ketones (excluding diaryl/α,β-unsaturated/α-hetero) is 1. The maximum absolute atomic E-state index is 15.0. The van der Waals surface area contributed by atoms with Gasteiger partial charge in [-0.15, -0.1) is 0 Å². The molecule has 0 radical (unpaired) electrons. The van der Waals surface area contributed by atoms with Gasteiger partial charge in [0.2, 0.25) is 0 Å². The van der Waals surface area contributed by atoms with E-state index in [9.17, 15) is 24.1 Å². The van der Waals surface area contributed by atoms with Crippen LogP contribution in [-0.2, 0) is 30.3 Å². The van der Waals surface area contributed by atoms with Gasteiger partial charge in [-0.25, -0.2) is 9.18 Å². The molecule has 1 aromatic carbocycles. The van der Waals surface area contributed by atoms with Crippen molar-refractivity contribution in [1.29, 1.82) is 0 Å². The minimum atomic E-state index is -1.38. The van der Waals surface area contributed by atoms with E-state index in [1.165, 1.54) is 6.07 Å². The van der Waals surface area contributed by atoms with Gasteiger partial charge in [-0.3, -0.25) is 4.79 Å². The summed E-state index contributed by atoms with van der Waals surface area (Å²) in [6.45, 7) is 8.41. The number of hydrogen-bond acceptors (Lipinski definition) is 8. The lowest BCUT2D eigenvalue weighted by Gasteiger charge is -2.62. The normalized spacial score (nSPS) is 42.8. The number of halogens is 1. The maximum atomic E-state index is 15.0. The number of aliphatic hydroxyl groups is 1. The van der Waals surface area contributed by atoms with Crippen LogP contribution in [0.5, 0.6) is 5.75 Å². The lowest BCUT2D eigenvalue weighted by molar-refractivity contribution is -0.214. The molecule has 3 aliphatic carbocycles. The van der Waals surface area contributed by atoms with Crippen LogP contribution in [0.4, 0.5) is 4.39 Å². The Morgan fingerprint density at radius 1 is 1.26 bits per heavy atom. The van der Waals surface area contributed by atoms with Gasteiger partial charge in [-0.2, -0.15) is 0 Å². The molecule has 3 saturated carbocycles. The molecule has 0 spiro atoms. The van der Waals surface area contributed by atoms with Gasteiger partial charge >= 0.3 is 13.1 Å². The standard InChI is InChI=1S/C29H38BFO8/c1-15-7-9-29-10-8-18(32)25(29)28(15,4)20(11-27(3,21-13-37-21)26(34)16(29)2)39-22(33)14-36-19-6-5-17-12-38-30(35)23(17)24(19)31/h5-6,15-16,20-21,25-26,34-35H,7-14H2,1-4H3/t15-,16-,20+,21-,25-,26-,27-,28-,29-/m0/s1. The van der Waals surface area contributed by atoms with Gasteiger partial charge in [0.25, 0.3) is 0 Å². The van der Waals surface area contributed by atoms with Crippen LogP contribution < -0.4 is 10.2 Å². The van der Waals surface area contributed by atoms with Crippen LogP contribution in [0.1, 0.15) is 65.4 Å². The molecular weight excluding hydrogens is 506 g/mol. The van der Waals surface area contributed by atoms with E-state index in [0.29, 0.717) is 25.0 Å². The summed E-state index contributed by atoms with van der Waals surface area (Å²) in [7, 11) is -1.38. The summed E-state index contributed by atoms with van der Waals surface area (Å²) in [4.78, 5) is 26.8. The van der Waals surface area contributed by atoms with Crippen LogP contribution in [0.15, 0.2) is 12.1 Å². The summed E-state index contributed by atoms with van der Waals surface area (Å²) in [6.07, 6.45) is 1.76. The number of ether oxygens (including phenoxy) is 3. The molecule has 1 saturated heterocycles. The van der Waals surface area contributed by atoms with E-state index in [2.05, 4.69) is 20.8 Å². The molecule has 0 amide bonds. The molecule has 0 aromatic heterocycles. The molecule has 5 aliphatic rings. The number of carbonyl (C=O) groups is 2. The second-order valence-electron chi connectivity index (χ2n) is 13.1. The van der Waals surface area contributed by atoms with Gasteiger partial charge in [0, 0.05) is 28.6 Å². The first-order valence-electron chi connectivity index (χ1n) is 14.2. The largest absolute Gasteiger partial charge is 0.494 e. The molecule has 1 aromatic rings. The Bertz CT molecular complexity index is 1190. The molecule has 212 valence electrons. The Balaban J connectivity index is 1.30. The van der Waals surface area contributed by atoms with Gasteiger partial charge in [0.15, 0.2) is 18.2 Å². The lowest BCUT2D eigenvalue weighted by atomic mass is 9.43. The molecule has 0 unspecified atom stereocenters.